The van der Waals surface area contributed by atoms with E-state index in [9.17, 15) is 14.7 Å². The predicted octanol–water partition coefficient (Wildman–Crippen LogP) is 1.66. The van der Waals surface area contributed by atoms with Crippen LogP contribution in [0.3, 0.4) is 0 Å². The Morgan fingerprint density at radius 3 is 2.44 bits per heavy atom. The highest BCUT2D eigenvalue weighted by atomic mass is 16.5. The number of carbonyl (C=O) groups excluding carboxylic acids is 1. The number of aliphatic carboxylic acids is 1. The number of aryl methyl sites for hydroxylation is 1. The highest BCUT2D eigenvalue weighted by Crippen LogP contribution is 2.30. The average molecular weight is 345 g/mol. The summed E-state index contributed by atoms with van der Waals surface area (Å²) in [6, 6.07) is 6.70. The fraction of sp³-hybridized carbons (Fsp3) is 0.412. The zero-order valence-electron chi connectivity index (χ0n) is 13.8. The minimum Gasteiger partial charge on any atom is -0.481 e. The summed E-state index contributed by atoms with van der Waals surface area (Å²) in [4.78, 5) is 23.9. The molecule has 25 heavy (non-hydrogen) atoms. The van der Waals surface area contributed by atoms with Crippen molar-refractivity contribution in [1.29, 1.82) is 0 Å². The van der Waals surface area contributed by atoms with Gasteiger partial charge in [0.2, 0.25) is 11.8 Å². The number of carboxylic acids is 1. The Kier molecular flexibility index (Phi) is 4.80. The van der Waals surface area contributed by atoms with E-state index in [1.54, 1.807) is 31.2 Å². The fourth-order valence-corrected chi connectivity index (χ4v) is 2.76. The van der Waals surface area contributed by atoms with Crippen molar-refractivity contribution in [1.82, 2.24) is 15.5 Å². The van der Waals surface area contributed by atoms with Crippen LogP contribution in [0.2, 0.25) is 0 Å². The van der Waals surface area contributed by atoms with Crippen molar-refractivity contribution in [2.45, 2.75) is 19.8 Å². The number of rotatable bonds is 5. The number of ether oxygens (including phenoxy) is 1. The third kappa shape index (κ3) is 3.69. The van der Waals surface area contributed by atoms with Crippen LogP contribution in [0.1, 0.15) is 29.1 Å². The molecule has 132 valence electrons. The second-order valence-corrected chi connectivity index (χ2v) is 6.08. The van der Waals surface area contributed by atoms with Gasteiger partial charge in [-0.3, -0.25) is 9.59 Å². The van der Waals surface area contributed by atoms with E-state index in [2.05, 4.69) is 15.5 Å². The molecular weight excluding hydrogens is 326 g/mol. The number of amides is 1. The molecule has 0 aliphatic carbocycles. The van der Waals surface area contributed by atoms with E-state index < -0.39 is 11.4 Å². The van der Waals surface area contributed by atoms with Crippen LogP contribution in [0, 0.1) is 12.3 Å². The highest BCUT2D eigenvalue weighted by Gasteiger charge is 2.40. The van der Waals surface area contributed by atoms with E-state index in [1.165, 1.54) is 0 Å². The largest absolute Gasteiger partial charge is 0.481 e. The third-order valence-electron chi connectivity index (χ3n) is 4.41. The summed E-state index contributed by atoms with van der Waals surface area (Å²) in [6.45, 7) is 2.56. The van der Waals surface area contributed by atoms with Gasteiger partial charge >= 0.3 is 5.97 Å². The minimum atomic E-state index is -0.963. The Hall–Kier alpha value is -2.74. The number of aromatic nitrogens is 2. The lowest BCUT2D eigenvalue weighted by Crippen LogP contribution is -2.46. The van der Waals surface area contributed by atoms with Gasteiger partial charge in [0.05, 0.1) is 5.41 Å². The fourth-order valence-electron chi connectivity index (χ4n) is 2.76. The molecule has 1 aliphatic heterocycles. The van der Waals surface area contributed by atoms with Crippen molar-refractivity contribution in [3.05, 3.63) is 35.7 Å². The van der Waals surface area contributed by atoms with Crippen molar-refractivity contribution in [2.75, 3.05) is 19.8 Å². The molecule has 1 aromatic heterocycles. The van der Waals surface area contributed by atoms with Crippen molar-refractivity contribution in [3.8, 4) is 11.5 Å². The van der Waals surface area contributed by atoms with Crippen molar-refractivity contribution in [3.63, 3.8) is 0 Å². The molecule has 0 atom stereocenters. The molecule has 1 saturated heterocycles. The van der Waals surface area contributed by atoms with Crippen LogP contribution in [-0.4, -0.2) is 46.9 Å². The first kappa shape index (κ1) is 17.1. The lowest BCUT2D eigenvalue weighted by atomic mass is 9.80. The van der Waals surface area contributed by atoms with Crippen LogP contribution in [0.25, 0.3) is 11.5 Å². The molecule has 2 heterocycles. The zero-order valence-corrected chi connectivity index (χ0v) is 13.8. The number of benzene rings is 1. The topological polar surface area (TPSA) is 115 Å². The lowest BCUT2D eigenvalue weighted by Gasteiger charge is -2.33. The van der Waals surface area contributed by atoms with Gasteiger partial charge in [0.15, 0.2) is 0 Å². The normalized spacial score (nSPS) is 16.4. The van der Waals surface area contributed by atoms with Crippen LogP contribution < -0.4 is 5.32 Å². The Morgan fingerprint density at radius 2 is 1.88 bits per heavy atom. The first-order valence-corrected chi connectivity index (χ1v) is 8.00. The summed E-state index contributed by atoms with van der Waals surface area (Å²) >= 11 is 0. The molecule has 1 aromatic carbocycles. The van der Waals surface area contributed by atoms with E-state index in [-0.39, 0.29) is 12.5 Å². The molecule has 0 saturated carbocycles. The Labute approximate surface area is 144 Å². The highest BCUT2D eigenvalue weighted by molar-refractivity contribution is 5.95. The van der Waals surface area contributed by atoms with Gasteiger partial charge in [-0.2, -0.15) is 0 Å². The van der Waals surface area contributed by atoms with Gasteiger partial charge in [0.1, 0.15) is 0 Å². The number of carboxylic acid groups (broad SMARTS) is 1. The molecule has 0 bridgehead atoms. The maximum absolute atomic E-state index is 12.3. The van der Waals surface area contributed by atoms with Gasteiger partial charge in [0.25, 0.3) is 5.91 Å². The third-order valence-corrected chi connectivity index (χ3v) is 4.41. The zero-order chi connectivity index (χ0) is 17.9. The minimum absolute atomic E-state index is 0.0785. The molecular formula is C17H19N3O5. The molecule has 0 unspecified atom stereocenters. The van der Waals surface area contributed by atoms with Crippen LogP contribution in [0.5, 0.6) is 0 Å². The van der Waals surface area contributed by atoms with Gasteiger partial charge in [-0.25, -0.2) is 0 Å². The second kappa shape index (κ2) is 7.02. The van der Waals surface area contributed by atoms with Crippen LogP contribution >= 0.6 is 0 Å². The average Bonchev–Trinajstić information content (AvgIpc) is 3.07. The first-order chi connectivity index (χ1) is 12.0. The summed E-state index contributed by atoms with van der Waals surface area (Å²) < 4.78 is 10.6. The van der Waals surface area contributed by atoms with E-state index >= 15 is 0 Å². The van der Waals surface area contributed by atoms with Crippen molar-refractivity contribution < 1.29 is 23.8 Å². The smallest absolute Gasteiger partial charge is 0.311 e. The summed E-state index contributed by atoms with van der Waals surface area (Å²) in [6.07, 6.45) is 0.774. The summed E-state index contributed by atoms with van der Waals surface area (Å²) in [5.74, 6) is -0.373. The number of hydrogen-bond donors (Lipinski definition) is 2. The molecule has 2 aromatic rings. The first-order valence-electron chi connectivity index (χ1n) is 8.00. The van der Waals surface area contributed by atoms with Crippen LogP contribution in [-0.2, 0) is 9.53 Å². The molecule has 8 nitrogen and oxygen atoms in total. The number of carbonyl (C=O) groups is 2. The number of nitrogens with zero attached hydrogens (tertiary/aromatic N) is 2. The molecule has 1 aliphatic rings. The Bertz CT molecular complexity index is 763. The second-order valence-electron chi connectivity index (χ2n) is 6.08. The van der Waals surface area contributed by atoms with Gasteiger partial charge in [0, 0.05) is 37.8 Å². The van der Waals surface area contributed by atoms with Gasteiger partial charge in [-0.05, 0) is 37.1 Å². The van der Waals surface area contributed by atoms with E-state index in [1.807, 2.05) is 0 Å². The van der Waals surface area contributed by atoms with Gasteiger partial charge in [-0.15, -0.1) is 10.2 Å². The number of hydrogen-bond acceptors (Lipinski definition) is 6. The summed E-state index contributed by atoms with van der Waals surface area (Å²) in [7, 11) is 0. The Balaban J connectivity index is 1.65. The quantitative estimate of drug-likeness (QED) is 0.847. The molecule has 0 spiro atoms. The van der Waals surface area contributed by atoms with Crippen LogP contribution in [0.4, 0.5) is 0 Å². The molecule has 1 fully saturated rings. The monoisotopic (exact) mass is 345 g/mol. The van der Waals surface area contributed by atoms with E-state index in [0.29, 0.717) is 49.0 Å². The van der Waals surface area contributed by atoms with E-state index in [0.717, 1.165) is 0 Å². The van der Waals surface area contributed by atoms with E-state index in [4.69, 9.17) is 9.15 Å². The van der Waals surface area contributed by atoms with Crippen molar-refractivity contribution >= 4 is 11.9 Å². The van der Waals surface area contributed by atoms with Crippen LogP contribution in [0.15, 0.2) is 28.7 Å². The molecule has 2 N–H and O–H groups in total. The summed E-state index contributed by atoms with van der Waals surface area (Å²) in [5.41, 5.74) is 0.186. The maximum atomic E-state index is 12.3. The molecule has 3 rings (SSSR count). The van der Waals surface area contributed by atoms with Gasteiger partial charge < -0.3 is 19.6 Å². The number of nitrogens with one attached hydrogen (secondary N) is 1. The summed E-state index contributed by atoms with van der Waals surface area (Å²) in [5, 5.41) is 19.9. The Morgan fingerprint density at radius 1 is 1.20 bits per heavy atom. The SMILES string of the molecule is Cc1nnc(-c2ccc(C(=O)NCC3(C(=O)O)CCOCC3)cc2)o1. The standard InChI is InChI=1S/C17H19N3O5/c1-11-19-20-15(25-11)13-4-2-12(3-5-13)14(21)18-10-17(16(22)23)6-8-24-9-7-17/h2-5H,6-10H2,1H3,(H,18,21)(H,22,23). The molecule has 1 amide bonds. The molecule has 8 heteroatoms. The van der Waals surface area contributed by atoms with Crippen molar-refractivity contribution in [2.24, 2.45) is 5.41 Å². The molecule has 0 radical (unpaired) electrons. The van der Waals surface area contributed by atoms with Gasteiger partial charge in [-0.1, -0.05) is 0 Å². The lowest BCUT2D eigenvalue weighted by molar-refractivity contribution is -0.154. The maximum Gasteiger partial charge on any atom is 0.311 e. The predicted molar refractivity (Wildman–Crippen MR) is 86.9 cm³/mol.